The zero-order valence-corrected chi connectivity index (χ0v) is 11.6. The van der Waals surface area contributed by atoms with Gasteiger partial charge in [-0.3, -0.25) is 4.98 Å². The Morgan fingerprint density at radius 1 is 1.25 bits per heavy atom. The Hall–Kier alpha value is -2.01. The van der Waals surface area contributed by atoms with Crippen molar-refractivity contribution < 1.29 is 9.13 Å². The molecule has 5 heteroatoms. The highest BCUT2D eigenvalue weighted by Gasteiger charge is 2.22. The predicted molar refractivity (Wildman–Crippen MR) is 75.1 cm³/mol. The third-order valence-electron chi connectivity index (χ3n) is 2.97. The van der Waals surface area contributed by atoms with Crippen LogP contribution in [0.25, 0.3) is 0 Å². The molecule has 1 atom stereocenters. The molecule has 2 aromatic rings. The van der Waals surface area contributed by atoms with E-state index in [1.165, 1.54) is 13.2 Å². The van der Waals surface area contributed by atoms with Crippen LogP contribution in [0.3, 0.4) is 0 Å². The van der Waals surface area contributed by atoms with Crippen molar-refractivity contribution in [2.75, 3.05) is 13.7 Å². The minimum Gasteiger partial charge on any atom is -0.480 e. The maximum atomic E-state index is 14.1. The zero-order chi connectivity index (χ0) is 14.4. The molecule has 1 aromatic heterocycles. The van der Waals surface area contributed by atoms with Crippen LogP contribution in [0.4, 0.5) is 4.39 Å². The van der Waals surface area contributed by atoms with Crippen molar-refractivity contribution in [3.8, 4) is 5.88 Å². The average molecular weight is 275 g/mol. The lowest BCUT2D eigenvalue weighted by Crippen LogP contribution is -2.25. The number of nitrogens with one attached hydrogen (secondary N) is 1. The molecule has 4 nitrogen and oxygen atoms in total. The van der Waals surface area contributed by atoms with Gasteiger partial charge in [-0.2, -0.15) is 0 Å². The molecule has 20 heavy (non-hydrogen) atoms. The highest BCUT2D eigenvalue weighted by Crippen LogP contribution is 2.27. The van der Waals surface area contributed by atoms with E-state index in [0.717, 1.165) is 13.0 Å². The molecule has 0 radical (unpaired) electrons. The van der Waals surface area contributed by atoms with E-state index < -0.39 is 0 Å². The van der Waals surface area contributed by atoms with Gasteiger partial charge in [0.1, 0.15) is 11.5 Å². The lowest BCUT2D eigenvalue weighted by molar-refractivity contribution is 0.381. The Labute approximate surface area is 118 Å². The number of nitrogens with zero attached hydrogens (tertiary/aromatic N) is 2. The summed E-state index contributed by atoms with van der Waals surface area (Å²) in [6, 6.07) is 6.29. The normalized spacial score (nSPS) is 12.2. The van der Waals surface area contributed by atoms with Crippen LogP contribution < -0.4 is 10.1 Å². The molecule has 0 saturated heterocycles. The molecule has 0 aliphatic carbocycles. The largest absolute Gasteiger partial charge is 0.480 e. The summed E-state index contributed by atoms with van der Waals surface area (Å²) < 4.78 is 19.3. The topological polar surface area (TPSA) is 47.0 Å². The third kappa shape index (κ3) is 3.11. The molecule has 2 rings (SSSR count). The Morgan fingerprint density at radius 3 is 2.70 bits per heavy atom. The van der Waals surface area contributed by atoms with E-state index in [9.17, 15) is 4.39 Å². The van der Waals surface area contributed by atoms with Crippen molar-refractivity contribution in [1.82, 2.24) is 15.3 Å². The number of hydrogen-bond donors (Lipinski definition) is 1. The summed E-state index contributed by atoms with van der Waals surface area (Å²) in [5, 5.41) is 3.30. The van der Waals surface area contributed by atoms with Crippen molar-refractivity contribution in [3.63, 3.8) is 0 Å². The molecule has 0 aliphatic rings. The first-order valence-corrected chi connectivity index (χ1v) is 6.60. The molecule has 0 fully saturated rings. The smallest absolute Gasteiger partial charge is 0.237 e. The van der Waals surface area contributed by atoms with Crippen molar-refractivity contribution in [1.29, 1.82) is 0 Å². The molecular formula is C15H18FN3O. The standard InChI is InChI=1S/C15H18FN3O/c1-3-8-17-13(11-6-4-5-7-12(11)16)14-15(20-2)19-10-9-18-14/h4-7,9-10,13,17H,3,8H2,1-2H3. The summed E-state index contributed by atoms with van der Waals surface area (Å²) >= 11 is 0. The quantitative estimate of drug-likeness (QED) is 0.880. The Morgan fingerprint density at radius 2 is 2.00 bits per heavy atom. The number of aromatic nitrogens is 2. The van der Waals surface area contributed by atoms with E-state index in [2.05, 4.69) is 22.2 Å². The van der Waals surface area contributed by atoms with Gasteiger partial charge in [-0.05, 0) is 19.0 Å². The van der Waals surface area contributed by atoms with Gasteiger partial charge in [0, 0.05) is 18.0 Å². The molecule has 0 saturated carbocycles. The van der Waals surface area contributed by atoms with Crippen LogP contribution in [0.1, 0.15) is 30.6 Å². The molecule has 1 unspecified atom stereocenters. The number of hydrogen-bond acceptors (Lipinski definition) is 4. The van der Waals surface area contributed by atoms with E-state index in [1.807, 2.05) is 6.07 Å². The van der Waals surface area contributed by atoms with Crippen LogP contribution >= 0.6 is 0 Å². The van der Waals surface area contributed by atoms with E-state index in [0.29, 0.717) is 17.1 Å². The fraction of sp³-hybridized carbons (Fsp3) is 0.333. The zero-order valence-electron chi connectivity index (χ0n) is 11.6. The van der Waals surface area contributed by atoms with E-state index in [-0.39, 0.29) is 11.9 Å². The fourth-order valence-electron chi connectivity index (χ4n) is 2.04. The Bertz CT molecular complexity index is 562. The first-order chi connectivity index (χ1) is 9.77. The van der Waals surface area contributed by atoms with Crippen LogP contribution in [-0.4, -0.2) is 23.6 Å². The van der Waals surface area contributed by atoms with Gasteiger partial charge >= 0.3 is 0 Å². The second-order valence-corrected chi connectivity index (χ2v) is 4.36. The van der Waals surface area contributed by atoms with Crippen molar-refractivity contribution in [2.45, 2.75) is 19.4 Å². The Balaban J connectivity index is 2.44. The minimum absolute atomic E-state index is 0.270. The summed E-state index contributed by atoms with van der Waals surface area (Å²) in [5.41, 5.74) is 1.13. The van der Waals surface area contributed by atoms with Crippen LogP contribution in [0.15, 0.2) is 36.7 Å². The SMILES string of the molecule is CCCNC(c1ccccc1F)c1nccnc1OC. The molecule has 1 heterocycles. The minimum atomic E-state index is -0.375. The monoisotopic (exact) mass is 275 g/mol. The molecule has 0 spiro atoms. The summed E-state index contributed by atoms with van der Waals surface area (Å²) in [6.07, 6.45) is 4.08. The summed E-state index contributed by atoms with van der Waals surface area (Å²) in [5.74, 6) is 0.137. The van der Waals surface area contributed by atoms with Crippen LogP contribution in [0.2, 0.25) is 0 Å². The molecule has 0 amide bonds. The maximum absolute atomic E-state index is 14.1. The van der Waals surface area contributed by atoms with Gasteiger partial charge in [-0.15, -0.1) is 0 Å². The van der Waals surface area contributed by atoms with Gasteiger partial charge in [0.2, 0.25) is 5.88 Å². The Kier molecular flexibility index (Phi) is 5.01. The molecule has 0 aliphatic heterocycles. The van der Waals surface area contributed by atoms with Crippen LogP contribution in [0, 0.1) is 5.82 Å². The first-order valence-electron chi connectivity index (χ1n) is 6.60. The summed E-state index contributed by atoms with van der Waals surface area (Å²) in [6.45, 7) is 2.80. The van der Waals surface area contributed by atoms with Gasteiger partial charge < -0.3 is 10.1 Å². The second kappa shape index (κ2) is 6.96. The number of benzene rings is 1. The van der Waals surface area contributed by atoms with Crippen molar-refractivity contribution >= 4 is 0 Å². The number of ether oxygens (including phenoxy) is 1. The molecular weight excluding hydrogens is 257 g/mol. The van der Waals surface area contributed by atoms with Crippen LogP contribution in [-0.2, 0) is 0 Å². The van der Waals surface area contributed by atoms with Gasteiger partial charge in [0.25, 0.3) is 0 Å². The second-order valence-electron chi connectivity index (χ2n) is 4.36. The van der Waals surface area contributed by atoms with Gasteiger partial charge in [-0.25, -0.2) is 9.37 Å². The number of rotatable bonds is 6. The lowest BCUT2D eigenvalue weighted by atomic mass is 10.0. The third-order valence-corrected chi connectivity index (χ3v) is 2.97. The van der Waals surface area contributed by atoms with Crippen molar-refractivity contribution in [2.24, 2.45) is 0 Å². The van der Waals surface area contributed by atoms with Gasteiger partial charge in [-0.1, -0.05) is 25.1 Å². The molecule has 106 valence electrons. The van der Waals surface area contributed by atoms with E-state index in [1.54, 1.807) is 24.5 Å². The number of methoxy groups -OCH3 is 1. The highest BCUT2D eigenvalue weighted by atomic mass is 19.1. The van der Waals surface area contributed by atoms with Crippen LogP contribution in [0.5, 0.6) is 5.88 Å². The van der Waals surface area contributed by atoms with Gasteiger partial charge in [0.05, 0.1) is 13.2 Å². The van der Waals surface area contributed by atoms with Gasteiger partial charge in [0.15, 0.2) is 0 Å². The number of halogens is 1. The van der Waals surface area contributed by atoms with Crippen molar-refractivity contribution in [3.05, 3.63) is 53.7 Å². The van der Waals surface area contributed by atoms with E-state index >= 15 is 0 Å². The molecule has 1 N–H and O–H groups in total. The summed E-state index contributed by atoms with van der Waals surface area (Å²) in [7, 11) is 1.53. The maximum Gasteiger partial charge on any atom is 0.237 e. The van der Waals surface area contributed by atoms with E-state index in [4.69, 9.17) is 4.74 Å². The highest BCUT2D eigenvalue weighted by molar-refractivity contribution is 5.33. The molecule has 1 aromatic carbocycles. The molecule has 0 bridgehead atoms. The fourth-order valence-corrected chi connectivity index (χ4v) is 2.04. The lowest BCUT2D eigenvalue weighted by Gasteiger charge is -2.20. The first kappa shape index (κ1) is 14.4. The summed E-state index contributed by atoms with van der Waals surface area (Å²) in [4.78, 5) is 8.44. The predicted octanol–water partition coefficient (Wildman–Crippen LogP) is 2.71. The average Bonchev–Trinajstić information content (AvgIpc) is 2.49.